The Morgan fingerprint density at radius 3 is 2.90 bits per heavy atom. The highest BCUT2D eigenvalue weighted by atomic mass is 35.5. The lowest BCUT2D eigenvalue weighted by Gasteiger charge is -2.32. The molecule has 0 radical (unpaired) electrons. The Morgan fingerprint density at radius 2 is 2.30 bits per heavy atom. The quantitative estimate of drug-likeness (QED) is 0.895. The van der Waals surface area contributed by atoms with Crippen LogP contribution in [0.2, 0.25) is 5.02 Å². The molecule has 0 spiro atoms. The van der Waals surface area contributed by atoms with Gasteiger partial charge in [0.05, 0.1) is 17.3 Å². The van der Waals surface area contributed by atoms with Crippen molar-refractivity contribution in [3.05, 3.63) is 17.3 Å². The van der Waals surface area contributed by atoms with Crippen LogP contribution < -0.4 is 11.1 Å². The van der Waals surface area contributed by atoms with E-state index in [2.05, 4.69) is 10.3 Å². The number of nitrogen functional groups attached to an aromatic ring is 1. The molecule has 0 unspecified atom stereocenters. The first-order valence-corrected chi connectivity index (χ1v) is 7.07. The summed E-state index contributed by atoms with van der Waals surface area (Å²) in [5, 5.41) is 3.81. The molecule has 6 nitrogen and oxygen atoms in total. The van der Waals surface area contributed by atoms with Crippen LogP contribution in [0.4, 0.5) is 16.3 Å². The van der Waals surface area contributed by atoms with Gasteiger partial charge in [0.2, 0.25) is 0 Å². The molecule has 1 aromatic heterocycles. The van der Waals surface area contributed by atoms with Crippen molar-refractivity contribution < 1.29 is 9.53 Å². The number of aromatic nitrogens is 1. The summed E-state index contributed by atoms with van der Waals surface area (Å²) in [4.78, 5) is 17.5. The van der Waals surface area contributed by atoms with Crippen LogP contribution in [0.3, 0.4) is 0 Å². The fourth-order valence-corrected chi connectivity index (χ4v) is 2.36. The highest BCUT2D eigenvalue weighted by Gasteiger charge is 2.23. The summed E-state index contributed by atoms with van der Waals surface area (Å²) in [5.41, 5.74) is 6.39. The minimum atomic E-state index is -0.241. The minimum absolute atomic E-state index is 0.241. The Labute approximate surface area is 123 Å². The molecule has 2 heterocycles. The number of carbonyl (C=O) groups is 1. The monoisotopic (exact) mass is 298 g/mol. The largest absolute Gasteiger partial charge is 0.450 e. The van der Waals surface area contributed by atoms with E-state index < -0.39 is 0 Å². The summed E-state index contributed by atoms with van der Waals surface area (Å²) in [7, 11) is 0. The van der Waals surface area contributed by atoms with E-state index in [9.17, 15) is 4.79 Å². The first-order chi connectivity index (χ1) is 9.60. The summed E-state index contributed by atoms with van der Waals surface area (Å²) in [6.07, 6.45) is 2.99. The summed E-state index contributed by atoms with van der Waals surface area (Å²) < 4.78 is 4.99. The molecule has 0 aromatic carbocycles. The van der Waals surface area contributed by atoms with Crippen molar-refractivity contribution in [2.75, 3.05) is 30.7 Å². The van der Waals surface area contributed by atoms with Crippen LogP contribution >= 0.6 is 11.6 Å². The lowest BCUT2D eigenvalue weighted by molar-refractivity contribution is 0.0983. The van der Waals surface area contributed by atoms with E-state index in [0.717, 1.165) is 12.8 Å². The first kappa shape index (κ1) is 14.7. The molecule has 1 saturated heterocycles. The van der Waals surface area contributed by atoms with Gasteiger partial charge in [-0.1, -0.05) is 11.6 Å². The van der Waals surface area contributed by atoms with Gasteiger partial charge in [-0.3, -0.25) is 0 Å². The van der Waals surface area contributed by atoms with Gasteiger partial charge in [0.15, 0.2) is 0 Å². The molecule has 1 aliphatic heterocycles. The molecule has 1 fully saturated rings. The Kier molecular flexibility index (Phi) is 4.89. The van der Waals surface area contributed by atoms with Crippen LogP contribution in [-0.2, 0) is 4.74 Å². The van der Waals surface area contributed by atoms with Gasteiger partial charge >= 0.3 is 6.09 Å². The average molecular weight is 299 g/mol. The Balaban J connectivity index is 1.86. The van der Waals surface area contributed by atoms with Crippen molar-refractivity contribution in [2.45, 2.75) is 25.8 Å². The maximum absolute atomic E-state index is 11.6. The molecule has 0 atom stereocenters. The predicted octanol–water partition coefficient (Wildman–Crippen LogP) is 2.35. The Morgan fingerprint density at radius 1 is 1.60 bits per heavy atom. The molecule has 0 bridgehead atoms. The second-order valence-corrected chi connectivity index (χ2v) is 5.13. The van der Waals surface area contributed by atoms with Crippen molar-refractivity contribution in [1.82, 2.24) is 9.88 Å². The van der Waals surface area contributed by atoms with Crippen molar-refractivity contribution >= 4 is 29.2 Å². The SMILES string of the molecule is CCOC(=O)N1CCC(Nc2ncc(Cl)cc2N)CC1. The van der Waals surface area contributed by atoms with E-state index in [-0.39, 0.29) is 12.1 Å². The van der Waals surface area contributed by atoms with Gasteiger partial charge in [0.25, 0.3) is 0 Å². The molecule has 110 valence electrons. The normalized spacial score (nSPS) is 16.0. The molecule has 2 rings (SSSR count). The van der Waals surface area contributed by atoms with E-state index in [1.54, 1.807) is 24.1 Å². The second kappa shape index (κ2) is 6.65. The molecule has 0 saturated carbocycles. The number of piperidine rings is 1. The van der Waals surface area contributed by atoms with Gasteiger partial charge in [0, 0.05) is 25.3 Å². The molecule has 0 aliphatic carbocycles. The first-order valence-electron chi connectivity index (χ1n) is 6.69. The summed E-state index contributed by atoms with van der Waals surface area (Å²) in [5.74, 6) is 0.643. The Hall–Kier alpha value is -1.69. The number of amides is 1. The molecule has 1 amide bonds. The van der Waals surface area contributed by atoms with Crippen LogP contribution in [-0.4, -0.2) is 41.7 Å². The smallest absolute Gasteiger partial charge is 0.409 e. The standard InChI is InChI=1S/C13H19ClN4O2/c1-2-20-13(19)18-5-3-10(4-6-18)17-12-11(15)7-9(14)8-16-12/h7-8,10H,2-6,15H2,1H3,(H,16,17). The third kappa shape index (κ3) is 3.66. The van der Waals surface area contributed by atoms with Crippen LogP contribution in [0.5, 0.6) is 0 Å². The fraction of sp³-hybridized carbons (Fsp3) is 0.538. The van der Waals surface area contributed by atoms with Crippen molar-refractivity contribution in [2.24, 2.45) is 0 Å². The minimum Gasteiger partial charge on any atom is -0.450 e. The molecular formula is C13H19ClN4O2. The summed E-state index contributed by atoms with van der Waals surface area (Å²) in [6.45, 7) is 3.55. The number of hydrogen-bond acceptors (Lipinski definition) is 5. The number of pyridine rings is 1. The number of ether oxygens (including phenoxy) is 1. The van der Waals surface area contributed by atoms with Crippen molar-refractivity contribution in [1.29, 1.82) is 0 Å². The zero-order chi connectivity index (χ0) is 14.5. The topological polar surface area (TPSA) is 80.5 Å². The Bertz CT molecular complexity index is 475. The number of rotatable bonds is 3. The second-order valence-electron chi connectivity index (χ2n) is 4.70. The molecule has 20 heavy (non-hydrogen) atoms. The van der Waals surface area contributed by atoms with Crippen LogP contribution in [0.25, 0.3) is 0 Å². The fourth-order valence-electron chi connectivity index (χ4n) is 2.19. The van der Waals surface area contributed by atoms with E-state index in [1.165, 1.54) is 0 Å². The van der Waals surface area contributed by atoms with Crippen molar-refractivity contribution in [3.63, 3.8) is 0 Å². The predicted molar refractivity (Wildman–Crippen MR) is 78.9 cm³/mol. The third-order valence-electron chi connectivity index (χ3n) is 3.25. The molecular weight excluding hydrogens is 280 g/mol. The molecule has 1 aliphatic rings. The maximum atomic E-state index is 11.6. The lowest BCUT2D eigenvalue weighted by Crippen LogP contribution is -2.42. The van der Waals surface area contributed by atoms with Gasteiger partial charge in [-0.25, -0.2) is 9.78 Å². The highest BCUT2D eigenvalue weighted by molar-refractivity contribution is 6.30. The zero-order valence-electron chi connectivity index (χ0n) is 11.4. The zero-order valence-corrected chi connectivity index (χ0v) is 12.2. The number of nitrogens with one attached hydrogen (secondary N) is 1. The molecule has 3 N–H and O–H groups in total. The van der Waals surface area contributed by atoms with E-state index in [0.29, 0.717) is 36.2 Å². The van der Waals surface area contributed by atoms with Gasteiger partial charge in [-0.15, -0.1) is 0 Å². The number of likely N-dealkylation sites (tertiary alicyclic amines) is 1. The van der Waals surface area contributed by atoms with Gasteiger partial charge in [0.1, 0.15) is 5.82 Å². The highest BCUT2D eigenvalue weighted by Crippen LogP contribution is 2.22. The van der Waals surface area contributed by atoms with Crippen LogP contribution in [0.15, 0.2) is 12.3 Å². The lowest BCUT2D eigenvalue weighted by atomic mass is 10.1. The van der Waals surface area contributed by atoms with Crippen LogP contribution in [0, 0.1) is 0 Å². The number of hydrogen-bond donors (Lipinski definition) is 2. The van der Waals surface area contributed by atoms with Crippen LogP contribution in [0.1, 0.15) is 19.8 Å². The van der Waals surface area contributed by atoms with E-state index in [4.69, 9.17) is 22.1 Å². The summed E-state index contributed by atoms with van der Waals surface area (Å²) >= 11 is 5.82. The molecule has 1 aromatic rings. The molecule has 7 heteroatoms. The summed E-state index contributed by atoms with van der Waals surface area (Å²) in [6, 6.07) is 1.92. The maximum Gasteiger partial charge on any atom is 0.409 e. The number of halogens is 1. The van der Waals surface area contributed by atoms with Crippen molar-refractivity contribution in [3.8, 4) is 0 Å². The number of anilines is 2. The van der Waals surface area contributed by atoms with Gasteiger partial charge in [-0.05, 0) is 25.8 Å². The van der Waals surface area contributed by atoms with Gasteiger partial charge < -0.3 is 20.7 Å². The number of carbonyl (C=O) groups excluding carboxylic acids is 1. The van der Waals surface area contributed by atoms with Gasteiger partial charge in [-0.2, -0.15) is 0 Å². The van der Waals surface area contributed by atoms with E-state index in [1.807, 2.05) is 0 Å². The van der Waals surface area contributed by atoms with E-state index >= 15 is 0 Å². The third-order valence-corrected chi connectivity index (χ3v) is 3.45. The average Bonchev–Trinajstić information content (AvgIpc) is 2.43. The number of nitrogens with zero attached hydrogens (tertiary/aromatic N) is 2. The number of nitrogens with two attached hydrogens (primary N) is 1.